The molecule has 0 amide bonds. The highest BCUT2D eigenvalue weighted by Gasteiger charge is 2.34. The van der Waals surface area contributed by atoms with Crippen molar-refractivity contribution in [3.05, 3.63) is 24.3 Å². The summed E-state index contributed by atoms with van der Waals surface area (Å²) in [6, 6.07) is 7.00. The molecule has 0 aromatic heterocycles. The van der Waals surface area contributed by atoms with Crippen molar-refractivity contribution < 1.29 is 19.7 Å². The lowest BCUT2D eigenvalue weighted by molar-refractivity contribution is -0.196. The minimum atomic E-state index is -1.60. The summed E-state index contributed by atoms with van der Waals surface area (Å²) in [6.07, 6.45) is 0. The lowest BCUT2D eigenvalue weighted by Gasteiger charge is -2.32. The highest BCUT2D eigenvalue weighted by atomic mass is 16.7. The SMILES string of the molecule is OCC1(O)COc2ccccc2O1. The number of ether oxygens (including phenoxy) is 2. The van der Waals surface area contributed by atoms with E-state index in [2.05, 4.69) is 0 Å². The Morgan fingerprint density at radius 1 is 1.31 bits per heavy atom. The van der Waals surface area contributed by atoms with Crippen LogP contribution in [0.15, 0.2) is 24.3 Å². The van der Waals surface area contributed by atoms with Gasteiger partial charge in [-0.15, -0.1) is 0 Å². The Balaban J connectivity index is 2.29. The molecule has 1 aliphatic heterocycles. The molecule has 13 heavy (non-hydrogen) atoms. The normalized spacial score (nSPS) is 25.7. The van der Waals surface area contributed by atoms with Crippen LogP contribution in [0.2, 0.25) is 0 Å². The fourth-order valence-electron chi connectivity index (χ4n) is 1.16. The quantitative estimate of drug-likeness (QED) is 0.648. The highest BCUT2D eigenvalue weighted by molar-refractivity contribution is 5.41. The van der Waals surface area contributed by atoms with Crippen LogP contribution in [-0.2, 0) is 0 Å². The van der Waals surface area contributed by atoms with Gasteiger partial charge in [0.2, 0.25) is 0 Å². The maximum atomic E-state index is 9.53. The third-order valence-electron chi connectivity index (χ3n) is 1.85. The third kappa shape index (κ3) is 1.46. The molecule has 0 saturated carbocycles. The number of hydrogen-bond acceptors (Lipinski definition) is 4. The Morgan fingerprint density at radius 2 is 2.00 bits per heavy atom. The van der Waals surface area contributed by atoms with E-state index in [0.29, 0.717) is 11.5 Å². The second-order valence-corrected chi connectivity index (χ2v) is 2.94. The maximum Gasteiger partial charge on any atom is 0.265 e. The summed E-state index contributed by atoms with van der Waals surface area (Å²) in [4.78, 5) is 0. The number of para-hydroxylation sites is 2. The summed E-state index contributed by atoms with van der Waals surface area (Å²) >= 11 is 0. The van der Waals surface area contributed by atoms with Gasteiger partial charge in [-0.05, 0) is 12.1 Å². The largest absolute Gasteiger partial charge is 0.483 e. The molecule has 2 rings (SSSR count). The number of rotatable bonds is 1. The van der Waals surface area contributed by atoms with Crippen LogP contribution in [0.4, 0.5) is 0 Å². The summed E-state index contributed by atoms with van der Waals surface area (Å²) in [6.45, 7) is -0.540. The van der Waals surface area contributed by atoms with E-state index in [0.717, 1.165) is 0 Å². The van der Waals surface area contributed by atoms with E-state index in [1.807, 2.05) is 6.07 Å². The minimum Gasteiger partial charge on any atom is -0.483 e. The first-order valence-corrected chi connectivity index (χ1v) is 3.98. The average Bonchev–Trinajstić information content (AvgIpc) is 2.18. The minimum absolute atomic E-state index is 0.0550. The van der Waals surface area contributed by atoms with E-state index in [1.165, 1.54) is 0 Å². The first-order chi connectivity index (χ1) is 6.23. The Hall–Kier alpha value is -1.26. The fraction of sp³-hybridized carbons (Fsp3) is 0.333. The standard InChI is InChI=1S/C9H10O4/c10-5-9(11)6-12-7-3-1-2-4-8(7)13-9/h1-4,10-11H,5-6H2. The molecule has 2 N–H and O–H groups in total. The summed E-state index contributed by atoms with van der Waals surface area (Å²) in [7, 11) is 0. The van der Waals surface area contributed by atoms with Gasteiger partial charge in [0.1, 0.15) is 6.61 Å². The average molecular weight is 182 g/mol. The molecule has 1 unspecified atom stereocenters. The molecule has 0 radical (unpaired) electrons. The lowest BCUT2D eigenvalue weighted by atomic mass is 10.2. The van der Waals surface area contributed by atoms with Gasteiger partial charge in [0.15, 0.2) is 18.1 Å². The maximum absolute atomic E-state index is 9.53. The van der Waals surface area contributed by atoms with Crippen molar-refractivity contribution in [1.82, 2.24) is 0 Å². The third-order valence-corrected chi connectivity index (χ3v) is 1.85. The molecule has 70 valence electrons. The van der Waals surface area contributed by atoms with Crippen molar-refractivity contribution >= 4 is 0 Å². The molecule has 0 spiro atoms. The van der Waals surface area contributed by atoms with Gasteiger partial charge in [-0.2, -0.15) is 0 Å². The van der Waals surface area contributed by atoms with Gasteiger partial charge in [-0.3, -0.25) is 0 Å². The molecule has 1 atom stereocenters. The first-order valence-electron chi connectivity index (χ1n) is 3.98. The van der Waals surface area contributed by atoms with Crippen LogP contribution in [0.25, 0.3) is 0 Å². The smallest absolute Gasteiger partial charge is 0.265 e. The van der Waals surface area contributed by atoms with Gasteiger partial charge in [-0.25, -0.2) is 0 Å². The van der Waals surface area contributed by atoms with Crippen molar-refractivity contribution in [2.75, 3.05) is 13.2 Å². The number of aliphatic hydroxyl groups excluding tert-OH is 1. The van der Waals surface area contributed by atoms with Crippen LogP contribution in [0.1, 0.15) is 0 Å². The molecule has 0 aliphatic carbocycles. The fourth-order valence-corrected chi connectivity index (χ4v) is 1.16. The monoisotopic (exact) mass is 182 g/mol. The molecular formula is C9H10O4. The summed E-state index contributed by atoms with van der Waals surface area (Å²) in [5.74, 6) is -0.570. The molecular weight excluding hydrogens is 172 g/mol. The molecule has 1 heterocycles. The number of aliphatic hydroxyl groups is 2. The van der Waals surface area contributed by atoms with Crippen LogP contribution >= 0.6 is 0 Å². The topological polar surface area (TPSA) is 58.9 Å². The zero-order chi connectivity index (χ0) is 9.31. The molecule has 4 nitrogen and oxygen atoms in total. The van der Waals surface area contributed by atoms with Crippen LogP contribution in [0.3, 0.4) is 0 Å². The number of hydrogen-bond donors (Lipinski definition) is 2. The van der Waals surface area contributed by atoms with E-state index < -0.39 is 12.4 Å². The van der Waals surface area contributed by atoms with E-state index >= 15 is 0 Å². The van der Waals surface area contributed by atoms with E-state index in [4.69, 9.17) is 14.6 Å². The van der Waals surface area contributed by atoms with E-state index in [-0.39, 0.29) is 6.61 Å². The van der Waals surface area contributed by atoms with Crippen LogP contribution in [-0.4, -0.2) is 29.2 Å². The summed E-state index contributed by atoms with van der Waals surface area (Å²) < 4.78 is 10.3. The van der Waals surface area contributed by atoms with Crippen molar-refractivity contribution in [2.45, 2.75) is 5.79 Å². The van der Waals surface area contributed by atoms with Crippen molar-refractivity contribution in [3.8, 4) is 11.5 Å². The van der Waals surface area contributed by atoms with Gasteiger partial charge in [-0.1, -0.05) is 12.1 Å². The number of fused-ring (bicyclic) bond motifs is 1. The van der Waals surface area contributed by atoms with Gasteiger partial charge in [0.25, 0.3) is 5.79 Å². The van der Waals surface area contributed by atoms with Crippen molar-refractivity contribution in [2.24, 2.45) is 0 Å². The summed E-state index contributed by atoms with van der Waals surface area (Å²) in [5.41, 5.74) is 0. The molecule has 0 fully saturated rings. The second kappa shape index (κ2) is 2.90. The number of benzene rings is 1. The lowest BCUT2D eigenvalue weighted by Crippen LogP contribution is -2.47. The summed E-state index contributed by atoms with van der Waals surface area (Å²) in [5, 5.41) is 18.4. The zero-order valence-corrected chi connectivity index (χ0v) is 6.93. The Morgan fingerprint density at radius 3 is 2.69 bits per heavy atom. The van der Waals surface area contributed by atoms with Gasteiger partial charge in [0, 0.05) is 0 Å². The molecule has 1 aromatic rings. The molecule has 4 heteroatoms. The Kier molecular flexibility index (Phi) is 1.86. The Labute approximate surface area is 75.3 Å². The molecule has 1 aromatic carbocycles. The molecule has 0 bridgehead atoms. The Bertz CT molecular complexity index is 312. The van der Waals surface area contributed by atoms with Crippen LogP contribution in [0, 0.1) is 0 Å². The second-order valence-electron chi connectivity index (χ2n) is 2.94. The van der Waals surface area contributed by atoms with Crippen molar-refractivity contribution in [1.29, 1.82) is 0 Å². The highest BCUT2D eigenvalue weighted by Crippen LogP contribution is 2.33. The predicted molar refractivity (Wildman–Crippen MR) is 44.6 cm³/mol. The predicted octanol–water partition coefficient (Wildman–Crippen LogP) is 0.139. The molecule has 0 saturated heterocycles. The van der Waals surface area contributed by atoms with Crippen LogP contribution < -0.4 is 9.47 Å². The van der Waals surface area contributed by atoms with Crippen LogP contribution in [0.5, 0.6) is 11.5 Å². The van der Waals surface area contributed by atoms with Crippen molar-refractivity contribution in [3.63, 3.8) is 0 Å². The van der Waals surface area contributed by atoms with E-state index in [1.54, 1.807) is 18.2 Å². The van der Waals surface area contributed by atoms with Gasteiger partial charge in [0.05, 0.1) is 0 Å². The van der Waals surface area contributed by atoms with Gasteiger partial charge >= 0.3 is 0 Å². The zero-order valence-electron chi connectivity index (χ0n) is 6.93. The molecule has 1 aliphatic rings. The first kappa shape index (κ1) is 8.34. The van der Waals surface area contributed by atoms with Gasteiger partial charge < -0.3 is 19.7 Å². The van der Waals surface area contributed by atoms with E-state index in [9.17, 15) is 5.11 Å².